The van der Waals surface area contributed by atoms with E-state index >= 15 is 0 Å². The minimum atomic E-state index is -0.233. The Bertz CT molecular complexity index is 1660. The zero-order valence-electron chi connectivity index (χ0n) is 25.9. The van der Waals surface area contributed by atoms with Gasteiger partial charge in [0.2, 0.25) is 5.91 Å². The number of hydrogen-bond donors (Lipinski definition) is 1. The lowest BCUT2D eigenvalue weighted by Crippen LogP contribution is -2.58. The average molecular weight is 607 g/mol. The van der Waals surface area contributed by atoms with Gasteiger partial charge in [-0.05, 0) is 84.8 Å². The molecular formula is C37H39FN4O3. The van der Waals surface area contributed by atoms with Gasteiger partial charge >= 0.3 is 0 Å². The topological polar surface area (TPSA) is 74.8 Å². The van der Waals surface area contributed by atoms with Crippen LogP contribution in [0.1, 0.15) is 64.8 Å². The first-order chi connectivity index (χ1) is 21.8. The fourth-order valence-corrected chi connectivity index (χ4v) is 7.35. The van der Waals surface area contributed by atoms with E-state index < -0.39 is 0 Å². The molecule has 2 saturated heterocycles. The molecule has 0 bridgehead atoms. The third-order valence-electron chi connectivity index (χ3n) is 9.80. The quantitative estimate of drug-likeness (QED) is 0.385. The maximum atomic E-state index is 13.8. The van der Waals surface area contributed by atoms with Crippen LogP contribution < -0.4 is 5.32 Å². The molecule has 1 saturated carbocycles. The highest BCUT2D eigenvalue weighted by molar-refractivity contribution is 5.95. The zero-order valence-corrected chi connectivity index (χ0v) is 25.9. The number of rotatable bonds is 7. The molecule has 1 aliphatic carbocycles. The maximum absolute atomic E-state index is 13.8. The van der Waals surface area contributed by atoms with Crippen molar-refractivity contribution in [3.8, 4) is 0 Å². The number of likely N-dealkylation sites (tertiary alicyclic amines) is 1. The van der Waals surface area contributed by atoms with Crippen molar-refractivity contribution in [3.05, 3.63) is 112 Å². The van der Waals surface area contributed by atoms with Gasteiger partial charge in [-0.15, -0.1) is 0 Å². The summed E-state index contributed by atoms with van der Waals surface area (Å²) in [5, 5.41) is 3.13. The molecular weight excluding hydrogens is 567 g/mol. The summed E-state index contributed by atoms with van der Waals surface area (Å²) in [6.07, 6.45) is 8.32. The Morgan fingerprint density at radius 2 is 1.69 bits per heavy atom. The molecule has 8 heteroatoms. The highest BCUT2D eigenvalue weighted by atomic mass is 19.1. The Labute approximate surface area is 263 Å². The average Bonchev–Trinajstić information content (AvgIpc) is 2.99. The monoisotopic (exact) mass is 606 g/mol. The van der Waals surface area contributed by atoms with E-state index in [0.717, 1.165) is 60.2 Å². The number of nitrogens with zero attached hydrogens (tertiary/aromatic N) is 3. The van der Waals surface area contributed by atoms with E-state index in [2.05, 4.69) is 52.6 Å². The number of carbonyl (C=O) groups excluding carboxylic acids is 2. The summed E-state index contributed by atoms with van der Waals surface area (Å²) in [6.45, 7) is 6.50. The lowest BCUT2D eigenvalue weighted by atomic mass is 9.59. The van der Waals surface area contributed by atoms with Crippen LogP contribution in [0, 0.1) is 17.2 Å². The molecule has 45 heavy (non-hydrogen) atoms. The van der Waals surface area contributed by atoms with Gasteiger partial charge in [0.05, 0.1) is 30.7 Å². The second kappa shape index (κ2) is 12.0. The van der Waals surface area contributed by atoms with E-state index in [-0.39, 0.29) is 29.6 Å². The summed E-state index contributed by atoms with van der Waals surface area (Å²) in [4.78, 5) is 34.4. The SMILES string of the molecule is C[C@@H](NC(=O)c1cncc(C2=CCN(C(=O)C3COC3)CC2)c1)c1ccc(C(=C2CC3(C2)CN(C)C3)c2ccc(F)cc2)cc1. The Morgan fingerprint density at radius 3 is 2.29 bits per heavy atom. The Hall–Kier alpha value is -4.14. The van der Waals surface area contributed by atoms with Crippen molar-refractivity contribution in [2.45, 2.75) is 32.2 Å². The number of benzene rings is 2. The summed E-state index contributed by atoms with van der Waals surface area (Å²) >= 11 is 0. The Kier molecular flexibility index (Phi) is 7.88. The molecule has 1 aromatic heterocycles. The molecule has 1 N–H and O–H groups in total. The van der Waals surface area contributed by atoms with Crippen LogP contribution in [0.4, 0.5) is 4.39 Å². The molecule has 0 radical (unpaired) electrons. The fourth-order valence-electron chi connectivity index (χ4n) is 7.35. The van der Waals surface area contributed by atoms with Crippen LogP contribution in [0.15, 0.2) is 78.6 Å². The summed E-state index contributed by atoms with van der Waals surface area (Å²) in [7, 11) is 2.17. The molecule has 2 amide bonds. The van der Waals surface area contributed by atoms with Gasteiger partial charge in [0, 0.05) is 44.0 Å². The third kappa shape index (κ3) is 5.97. The molecule has 0 unspecified atom stereocenters. The van der Waals surface area contributed by atoms with Crippen molar-refractivity contribution in [2.24, 2.45) is 11.3 Å². The van der Waals surface area contributed by atoms with Crippen molar-refractivity contribution in [1.29, 1.82) is 0 Å². The molecule has 3 aliphatic heterocycles. The minimum absolute atomic E-state index is 0.00883. The number of allylic oxidation sites excluding steroid dienone is 1. The third-order valence-corrected chi connectivity index (χ3v) is 9.80. The van der Waals surface area contributed by atoms with Crippen LogP contribution in [-0.2, 0) is 9.53 Å². The first-order valence-corrected chi connectivity index (χ1v) is 15.9. The van der Waals surface area contributed by atoms with E-state index in [1.54, 1.807) is 12.4 Å². The van der Waals surface area contributed by atoms with Crippen molar-refractivity contribution < 1.29 is 18.7 Å². The number of carbonyl (C=O) groups is 2. The Balaban J connectivity index is 1.02. The zero-order chi connectivity index (χ0) is 31.1. The van der Waals surface area contributed by atoms with Crippen molar-refractivity contribution >= 4 is 23.0 Å². The van der Waals surface area contributed by atoms with Crippen LogP contribution in [0.5, 0.6) is 0 Å². The lowest BCUT2D eigenvalue weighted by molar-refractivity contribution is -0.149. The largest absolute Gasteiger partial charge is 0.380 e. The van der Waals surface area contributed by atoms with E-state index in [4.69, 9.17) is 4.74 Å². The number of amides is 2. The number of hydrogen-bond acceptors (Lipinski definition) is 5. The van der Waals surface area contributed by atoms with Crippen LogP contribution in [-0.4, -0.2) is 73.0 Å². The van der Waals surface area contributed by atoms with Crippen LogP contribution in [0.2, 0.25) is 0 Å². The van der Waals surface area contributed by atoms with Crippen molar-refractivity contribution in [1.82, 2.24) is 20.1 Å². The van der Waals surface area contributed by atoms with Gasteiger partial charge in [-0.3, -0.25) is 14.6 Å². The predicted molar refractivity (Wildman–Crippen MR) is 172 cm³/mol. The van der Waals surface area contributed by atoms with Gasteiger partial charge in [0.1, 0.15) is 5.82 Å². The van der Waals surface area contributed by atoms with Crippen molar-refractivity contribution in [2.75, 3.05) is 46.4 Å². The van der Waals surface area contributed by atoms with E-state index in [9.17, 15) is 14.0 Å². The number of ether oxygens (including phenoxy) is 1. The summed E-state index contributed by atoms with van der Waals surface area (Å²) in [5.41, 5.74) is 8.69. The molecule has 1 spiro atoms. The van der Waals surface area contributed by atoms with Gasteiger partial charge in [0.15, 0.2) is 0 Å². The molecule has 3 fully saturated rings. The lowest BCUT2D eigenvalue weighted by Gasteiger charge is -2.56. The highest BCUT2D eigenvalue weighted by Gasteiger charge is 2.49. The van der Waals surface area contributed by atoms with Gasteiger partial charge < -0.3 is 19.9 Å². The molecule has 4 aliphatic rings. The van der Waals surface area contributed by atoms with Gasteiger partial charge in [0.25, 0.3) is 5.91 Å². The molecule has 2 aromatic carbocycles. The van der Waals surface area contributed by atoms with E-state index in [1.807, 2.05) is 30.0 Å². The minimum Gasteiger partial charge on any atom is -0.380 e. The molecule has 7 rings (SSSR count). The summed E-state index contributed by atoms with van der Waals surface area (Å²) < 4.78 is 18.9. The van der Waals surface area contributed by atoms with Gasteiger partial charge in [-0.2, -0.15) is 0 Å². The maximum Gasteiger partial charge on any atom is 0.253 e. The second-order valence-corrected chi connectivity index (χ2v) is 13.3. The van der Waals surface area contributed by atoms with Crippen LogP contribution >= 0.6 is 0 Å². The molecule has 232 valence electrons. The van der Waals surface area contributed by atoms with E-state index in [0.29, 0.717) is 37.3 Å². The highest BCUT2D eigenvalue weighted by Crippen LogP contribution is 2.54. The second-order valence-electron chi connectivity index (χ2n) is 13.3. The number of nitrogens with one attached hydrogen (secondary N) is 1. The van der Waals surface area contributed by atoms with Crippen LogP contribution in [0.25, 0.3) is 11.1 Å². The summed E-state index contributed by atoms with van der Waals surface area (Å²) in [6, 6.07) is 16.9. The molecule has 3 aromatic rings. The number of pyridine rings is 1. The van der Waals surface area contributed by atoms with Crippen LogP contribution in [0.3, 0.4) is 0 Å². The standard InChI is InChI=1S/C37H39FN4O3/c1-24(40-35(43)30-15-29(18-39-19-30)26-11-13-42(14-12-26)36(44)32-20-45-21-32)25-3-5-27(6-4-25)34(28-7-9-33(38)10-8-28)31-16-37(17-31)22-41(2)23-37/h3-11,15,18-19,24,32H,12-14,16-17,20-23H2,1-2H3,(H,40,43)/t24-/m1/s1. The molecule has 7 nitrogen and oxygen atoms in total. The van der Waals surface area contributed by atoms with E-state index in [1.165, 1.54) is 23.3 Å². The number of aromatic nitrogens is 1. The Morgan fingerprint density at radius 1 is 1.00 bits per heavy atom. The van der Waals surface area contributed by atoms with Gasteiger partial charge in [-0.25, -0.2) is 4.39 Å². The van der Waals surface area contributed by atoms with Gasteiger partial charge in [-0.1, -0.05) is 48.0 Å². The molecule has 4 heterocycles. The first kappa shape index (κ1) is 29.6. The smallest absolute Gasteiger partial charge is 0.253 e. The normalized spacial score (nSPS) is 20.0. The summed E-state index contributed by atoms with van der Waals surface area (Å²) in [5.74, 6) is -0.265. The van der Waals surface area contributed by atoms with Crippen molar-refractivity contribution in [3.63, 3.8) is 0 Å². The number of halogens is 1. The first-order valence-electron chi connectivity index (χ1n) is 15.9. The fraction of sp³-hybridized carbons (Fsp3) is 0.378. The molecule has 1 atom stereocenters. The predicted octanol–water partition coefficient (Wildman–Crippen LogP) is 5.50.